The van der Waals surface area contributed by atoms with E-state index in [0.717, 1.165) is 28.9 Å². The second-order valence-electron chi connectivity index (χ2n) is 8.69. The Labute approximate surface area is 150 Å². The van der Waals surface area contributed by atoms with Crippen LogP contribution in [-0.4, -0.2) is 12.1 Å². The van der Waals surface area contributed by atoms with Crippen LogP contribution in [0.25, 0.3) is 6.08 Å². The van der Waals surface area contributed by atoms with Gasteiger partial charge in [0.15, 0.2) is 0 Å². The first kappa shape index (κ1) is 16.6. The fourth-order valence-corrected chi connectivity index (χ4v) is 5.94. The number of amides is 1. The minimum Gasteiger partial charge on any atom is -0.273 e. The van der Waals surface area contributed by atoms with Gasteiger partial charge >= 0.3 is 0 Å². The molecule has 3 nitrogen and oxygen atoms in total. The molecule has 5 rings (SSSR count). The van der Waals surface area contributed by atoms with Gasteiger partial charge in [-0.3, -0.25) is 4.79 Å². The molecule has 4 aliphatic rings. The zero-order valence-electron chi connectivity index (χ0n) is 15.1. The van der Waals surface area contributed by atoms with Gasteiger partial charge in [0, 0.05) is 6.42 Å². The average molecular weight is 336 g/mol. The molecular weight excluding hydrogens is 308 g/mol. The van der Waals surface area contributed by atoms with Gasteiger partial charge in [-0.2, -0.15) is 5.10 Å². The Morgan fingerprint density at radius 3 is 2.32 bits per heavy atom. The number of carbonyl (C=O) groups is 1. The third-order valence-corrected chi connectivity index (χ3v) is 6.35. The summed E-state index contributed by atoms with van der Waals surface area (Å²) in [6.45, 7) is 2.00. The van der Waals surface area contributed by atoms with E-state index in [-0.39, 0.29) is 11.3 Å². The van der Waals surface area contributed by atoms with Crippen molar-refractivity contribution in [3.8, 4) is 0 Å². The second kappa shape index (κ2) is 6.78. The van der Waals surface area contributed by atoms with Crippen molar-refractivity contribution in [2.75, 3.05) is 0 Å². The summed E-state index contributed by atoms with van der Waals surface area (Å²) in [5.74, 6) is 2.75. The second-order valence-corrected chi connectivity index (χ2v) is 8.69. The molecular formula is C22H28N2O. The van der Waals surface area contributed by atoms with E-state index in [2.05, 4.69) is 28.7 Å². The summed E-state index contributed by atoms with van der Waals surface area (Å²) in [7, 11) is 0. The molecule has 4 aliphatic carbocycles. The van der Waals surface area contributed by atoms with Crippen molar-refractivity contribution in [3.63, 3.8) is 0 Å². The predicted octanol–water partition coefficient (Wildman–Crippen LogP) is 4.80. The maximum atomic E-state index is 12.4. The summed E-state index contributed by atoms with van der Waals surface area (Å²) < 4.78 is 0. The van der Waals surface area contributed by atoms with E-state index in [9.17, 15) is 4.79 Å². The maximum absolute atomic E-state index is 12.4. The van der Waals surface area contributed by atoms with E-state index >= 15 is 0 Å². The molecule has 0 aliphatic heterocycles. The molecule has 0 radical (unpaired) electrons. The number of allylic oxidation sites excluding steroid dienone is 1. The third-order valence-electron chi connectivity index (χ3n) is 6.35. The predicted molar refractivity (Wildman–Crippen MR) is 102 cm³/mol. The fraction of sp³-hybridized carbons (Fsp3) is 0.545. The first-order valence-corrected chi connectivity index (χ1v) is 9.65. The Bertz CT molecular complexity index is 654. The molecule has 25 heavy (non-hydrogen) atoms. The van der Waals surface area contributed by atoms with Gasteiger partial charge < -0.3 is 0 Å². The van der Waals surface area contributed by atoms with Crippen LogP contribution in [0.2, 0.25) is 0 Å². The molecule has 0 heterocycles. The summed E-state index contributed by atoms with van der Waals surface area (Å²) in [5.41, 5.74) is 5.22. The van der Waals surface area contributed by atoms with Gasteiger partial charge in [0.1, 0.15) is 0 Å². The van der Waals surface area contributed by atoms with E-state index in [0.29, 0.717) is 6.42 Å². The number of rotatable bonds is 5. The fourth-order valence-electron chi connectivity index (χ4n) is 5.94. The number of hydrazone groups is 1. The Morgan fingerprint density at radius 1 is 1.12 bits per heavy atom. The zero-order valence-corrected chi connectivity index (χ0v) is 15.1. The number of hydrogen-bond donors (Lipinski definition) is 1. The van der Waals surface area contributed by atoms with Crippen LogP contribution in [0.1, 0.15) is 57.4 Å². The largest absolute Gasteiger partial charge is 0.273 e. The molecule has 1 aromatic carbocycles. The summed E-state index contributed by atoms with van der Waals surface area (Å²) in [4.78, 5) is 12.4. The first-order chi connectivity index (χ1) is 12.1. The maximum Gasteiger partial charge on any atom is 0.240 e. The lowest BCUT2D eigenvalue weighted by Gasteiger charge is -2.56. The van der Waals surface area contributed by atoms with Crippen molar-refractivity contribution in [1.29, 1.82) is 0 Å². The van der Waals surface area contributed by atoms with Crippen molar-refractivity contribution in [2.24, 2.45) is 28.3 Å². The van der Waals surface area contributed by atoms with Crippen LogP contribution in [0.5, 0.6) is 0 Å². The van der Waals surface area contributed by atoms with E-state index in [1.807, 2.05) is 25.1 Å². The van der Waals surface area contributed by atoms with Crippen molar-refractivity contribution in [1.82, 2.24) is 5.43 Å². The van der Waals surface area contributed by atoms with E-state index in [1.165, 1.54) is 38.5 Å². The minimum absolute atomic E-state index is 0.0886. The Kier molecular flexibility index (Phi) is 4.49. The van der Waals surface area contributed by atoms with Crippen LogP contribution in [0.3, 0.4) is 0 Å². The molecule has 0 spiro atoms. The molecule has 0 atom stereocenters. The highest BCUT2D eigenvalue weighted by Gasteiger charge is 2.51. The van der Waals surface area contributed by atoms with Gasteiger partial charge in [-0.15, -0.1) is 0 Å². The average Bonchev–Trinajstić information content (AvgIpc) is 2.53. The molecule has 4 saturated carbocycles. The zero-order chi connectivity index (χ0) is 17.3. The molecule has 4 bridgehead atoms. The van der Waals surface area contributed by atoms with Crippen LogP contribution in [0, 0.1) is 23.2 Å². The van der Waals surface area contributed by atoms with Gasteiger partial charge in [-0.05, 0) is 79.8 Å². The summed E-state index contributed by atoms with van der Waals surface area (Å²) >= 11 is 0. The van der Waals surface area contributed by atoms with E-state index in [4.69, 9.17) is 0 Å². The third kappa shape index (κ3) is 3.86. The molecule has 132 valence electrons. The highest BCUT2D eigenvalue weighted by molar-refractivity contribution is 5.86. The van der Waals surface area contributed by atoms with E-state index < -0.39 is 0 Å². The molecule has 4 fully saturated rings. The summed E-state index contributed by atoms with van der Waals surface area (Å²) in [6, 6.07) is 10.2. The highest BCUT2D eigenvalue weighted by Crippen LogP contribution is 2.61. The van der Waals surface area contributed by atoms with Crippen molar-refractivity contribution in [3.05, 3.63) is 41.5 Å². The van der Waals surface area contributed by atoms with Crippen molar-refractivity contribution < 1.29 is 4.79 Å². The van der Waals surface area contributed by atoms with Crippen LogP contribution in [-0.2, 0) is 4.79 Å². The Hall–Kier alpha value is -1.90. The molecule has 0 unspecified atom stereocenters. The van der Waals surface area contributed by atoms with Gasteiger partial charge in [0.25, 0.3) is 0 Å². The van der Waals surface area contributed by atoms with Crippen LogP contribution in [0.15, 0.2) is 41.0 Å². The molecule has 0 aromatic heterocycles. The van der Waals surface area contributed by atoms with Crippen LogP contribution < -0.4 is 5.43 Å². The highest BCUT2D eigenvalue weighted by atomic mass is 16.2. The first-order valence-electron chi connectivity index (χ1n) is 9.65. The number of hydrogen-bond acceptors (Lipinski definition) is 2. The molecule has 1 amide bonds. The smallest absolute Gasteiger partial charge is 0.240 e. The lowest BCUT2D eigenvalue weighted by atomic mass is 9.49. The lowest BCUT2D eigenvalue weighted by Crippen LogP contribution is -2.47. The SMILES string of the molecule is CC(/C=N\NC(=O)CC12CC3CC(CC(C3)C1)C2)=C\c1ccccc1. The number of carbonyl (C=O) groups excluding carboxylic acids is 1. The molecule has 1 N–H and O–H groups in total. The Balaban J connectivity index is 1.31. The number of benzene rings is 1. The van der Waals surface area contributed by atoms with Gasteiger partial charge in [-0.25, -0.2) is 5.43 Å². The molecule has 0 saturated heterocycles. The number of nitrogens with zero attached hydrogens (tertiary/aromatic N) is 1. The minimum atomic E-state index is 0.0886. The normalized spacial score (nSPS) is 33.8. The molecule has 3 heteroatoms. The number of nitrogens with one attached hydrogen (secondary N) is 1. The Morgan fingerprint density at radius 2 is 1.72 bits per heavy atom. The van der Waals surface area contributed by atoms with Crippen molar-refractivity contribution in [2.45, 2.75) is 51.9 Å². The van der Waals surface area contributed by atoms with Crippen LogP contribution >= 0.6 is 0 Å². The van der Waals surface area contributed by atoms with Crippen molar-refractivity contribution >= 4 is 18.2 Å². The summed E-state index contributed by atoms with van der Waals surface area (Å²) in [5, 5.41) is 4.17. The lowest BCUT2D eigenvalue weighted by molar-refractivity contribution is -0.129. The van der Waals surface area contributed by atoms with E-state index in [1.54, 1.807) is 6.21 Å². The monoisotopic (exact) mass is 336 g/mol. The van der Waals surface area contributed by atoms with Gasteiger partial charge in [-0.1, -0.05) is 36.4 Å². The van der Waals surface area contributed by atoms with Gasteiger partial charge in [0.05, 0.1) is 6.21 Å². The van der Waals surface area contributed by atoms with Gasteiger partial charge in [0.2, 0.25) is 5.91 Å². The standard InChI is InChI=1S/C22H28N2O/c1-16(7-17-5-3-2-4-6-17)15-23-24-21(25)14-22-11-18-8-19(12-22)10-20(9-18)13-22/h2-7,15,18-20H,8-14H2,1H3,(H,24,25)/b16-7+,23-15-. The topological polar surface area (TPSA) is 41.5 Å². The quantitative estimate of drug-likeness (QED) is 0.609. The molecule has 1 aromatic rings. The summed E-state index contributed by atoms with van der Waals surface area (Å²) in [6.07, 6.45) is 12.5. The van der Waals surface area contributed by atoms with Crippen LogP contribution in [0.4, 0.5) is 0 Å².